The van der Waals surface area contributed by atoms with Crippen LogP contribution in [0.1, 0.15) is 54.5 Å². The lowest BCUT2D eigenvalue weighted by molar-refractivity contribution is 0.103. The first kappa shape index (κ1) is 18.9. The van der Waals surface area contributed by atoms with E-state index in [-0.39, 0.29) is 5.91 Å². The first-order valence-corrected chi connectivity index (χ1v) is 10.8. The molecule has 4 rings (SSSR count). The predicted octanol–water partition coefficient (Wildman–Crippen LogP) is 5.67. The number of nitrogens with two attached hydrogens (primary N) is 1. The SMILES string of the molecule is CCC(C)(C)C1CCc2nc3sc(C(=O)Nc4ccccc4)c(N)c3cc2C1. The van der Waals surface area contributed by atoms with Gasteiger partial charge in [0.1, 0.15) is 9.71 Å². The number of para-hydroxylation sites is 1. The monoisotopic (exact) mass is 393 g/mol. The molecule has 146 valence electrons. The number of nitrogen functional groups attached to an aromatic ring is 1. The minimum absolute atomic E-state index is 0.172. The van der Waals surface area contributed by atoms with Crippen molar-refractivity contribution in [1.82, 2.24) is 4.98 Å². The van der Waals surface area contributed by atoms with E-state index in [0.29, 0.717) is 21.9 Å². The van der Waals surface area contributed by atoms with Crippen LogP contribution in [0.4, 0.5) is 11.4 Å². The number of aromatic nitrogens is 1. The van der Waals surface area contributed by atoms with Gasteiger partial charge in [-0.15, -0.1) is 11.3 Å². The minimum atomic E-state index is -0.172. The maximum Gasteiger partial charge on any atom is 0.267 e. The van der Waals surface area contributed by atoms with Gasteiger partial charge in [0.2, 0.25) is 0 Å². The standard InChI is InChI=1S/C23H27N3OS/c1-4-23(2,3)15-10-11-18-14(12-15)13-17-19(24)20(28-22(17)26-18)21(27)25-16-8-6-5-7-9-16/h5-9,13,15H,4,10-12,24H2,1-3H3,(H,25,27). The average molecular weight is 394 g/mol. The maximum atomic E-state index is 12.7. The van der Waals surface area contributed by atoms with Crippen molar-refractivity contribution in [2.75, 3.05) is 11.1 Å². The molecule has 28 heavy (non-hydrogen) atoms. The van der Waals surface area contributed by atoms with Gasteiger partial charge in [-0.1, -0.05) is 45.4 Å². The van der Waals surface area contributed by atoms with Crippen LogP contribution in [0, 0.1) is 11.3 Å². The molecule has 5 heteroatoms. The molecule has 0 aliphatic heterocycles. The van der Waals surface area contributed by atoms with E-state index in [4.69, 9.17) is 10.7 Å². The number of anilines is 2. The molecule has 0 spiro atoms. The average Bonchev–Trinajstić information content (AvgIpc) is 3.02. The summed E-state index contributed by atoms with van der Waals surface area (Å²) >= 11 is 1.39. The van der Waals surface area contributed by atoms with Crippen LogP contribution in [-0.2, 0) is 12.8 Å². The third-order valence-electron chi connectivity index (χ3n) is 6.34. The Morgan fingerprint density at radius 3 is 2.79 bits per heavy atom. The molecule has 1 aliphatic rings. The lowest BCUT2D eigenvalue weighted by Crippen LogP contribution is -2.29. The molecule has 4 nitrogen and oxygen atoms in total. The first-order valence-electron chi connectivity index (χ1n) is 9.96. The van der Waals surface area contributed by atoms with E-state index in [1.165, 1.54) is 35.4 Å². The molecular weight excluding hydrogens is 366 g/mol. The zero-order valence-electron chi connectivity index (χ0n) is 16.7. The van der Waals surface area contributed by atoms with Crippen LogP contribution >= 0.6 is 11.3 Å². The summed E-state index contributed by atoms with van der Waals surface area (Å²) in [6.07, 6.45) is 4.39. The largest absolute Gasteiger partial charge is 0.397 e. The molecule has 2 aromatic heterocycles. The van der Waals surface area contributed by atoms with E-state index < -0.39 is 0 Å². The third-order valence-corrected chi connectivity index (χ3v) is 7.45. The van der Waals surface area contributed by atoms with Crippen molar-refractivity contribution in [2.45, 2.75) is 46.5 Å². The number of nitrogens with zero attached hydrogens (tertiary/aromatic N) is 1. The van der Waals surface area contributed by atoms with E-state index in [1.54, 1.807) is 0 Å². The number of rotatable bonds is 4. The molecule has 3 aromatic rings. The summed E-state index contributed by atoms with van der Waals surface area (Å²) in [5.41, 5.74) is 10.5. The number of thiophene rings is 1. The lowest BCUT2D eigenvalue weighted by Gasteiger charge is -2.36. The Hall–Kier alpha value is -2.40. The van der Waals surface area contributed by atoms with Crippen molar-refractivity contribution in [1.29, 1.82) is 0 Å². The van der Waals surface area contributed by atoms with E-state index in [9.17, 15) is 4.79 Å². The Bertz CT molecular complexity index is 1020. The highest BCUT2D eigenvalue weighted by atomic mass is 32.1. The molecule has 1 aliphatic carbocycles. The van der Waals surface area contributed by atoms with Crippen molar-refractivity contribution in [3.63, 3.8) is 0 Å². The van der Waals surface area contributed by atoms with Crippen LogP contribution in [0.2, 0.25) is 0 Å². The molecule has 0 saturated heterocycles. The summed E-state index contributed by atoms with van der Waals surface area (Å²) in [7, 11) is 0. The van der Waals surface area contributed by atoms with E-state index in [1.807, 2.05) is 30.3 Å². The van der Waals surface area contributed by atoms with E-state index in [2.05, 4.69) is 32.2 Å². The van der Waals surface area contributed by atoms with Crippen LogP contribution in [-0.4, -0.2) is 10.9 Å². The number of fused-ring (bicyclic) bond motifs is 2. The molecule has 1 unspecified atom stereocenters. The smallest absolute Gasteiger partial charge is 0.267 e. The van der Waals surface area contributed by atoms with Gasteiger partial charge in [-0.05, 0) is 54.4 Å². The number of benzene rings is 1. The van der Waals surface area contributed by atoms with Crippen LogP contribution < -0.4 is 11.1 Å². The van der Waals surface area contributed by atoms with Crippen molar-refractivity contribution in [3.05, 3.63) is 52.5 Å². The van der Waals surface area contributed by atoms with Gasteiger partial charge in [-0.3, -0.25) is 4.79 Å². The van der Waals surface area contributed by atoms with Gasteiger partial charge in [0.15, 0.2) is 0 Å². The van der Waals surface area contributed by atoms with E-state index >= 15 is 0 Å². The van der Waals surface area contributed by atoms with Gasteiger partial charge < -0.3 is 11.1 Å². The fraction of sp³-hybridized carbons (Fsp3) is 0.391. The summed E-state index contributed by atoms with van der Waals surface area (Å²) in [5.74, 6) is 0.486. The molecule has 1 aromatic carbocycles. The number of aryl methyl sites for hydroxylation is 1. The Morgan fingerprint density at radius 2 is 2.07 bits per heavy atom. The number of carbonyl (C=O) groups is 1. The highest BCUT2D eigenvalue weighted by molar-refractivity contribution is 7.21. The van der Waals surface area contributed by atoms with Gasteiger partial charge in [-0.25, -0.2) is 4.98 Å². The number of amides is 1. The van der Waals surface area contributed by atoms with Crippen molar-refractivity contribution in [3.8, 4) is 0 Å². The highest BCUT2D eigenvalue weighted by Gasteiger charge is 2.32. The van der Waals surface area contributed by atoms with Crippen LogP contribution in [0.5, 0.6) is 0 Å². The fourth-order valence-corrected chi connectivity index (χ4v) is 5.02. The Labute approximate surface area is 170 Å². The van der Waals surface area contributed by atoms with Crippen LogP contribution in [0.15, 0.2) is 36.4 Å². The number of carbonyl (C=O) groups excluding carboxylic acids is 1. The second-order valence-corrected chi connectivity index (χ2v) is 9.39. The number of nitrogens with one attached hydrogen (secondary N) is 1. The maximum absolute atomic E-state index is 12.7. The lowest BCUT2D eigenvalue weighted by atomic mass is 9.69. The fourth-order valence-electron chi connectivity index (χ4n) is 4.02. The molecular formula is C23H27N3OS. The minimum Gasteiger partial charge on any atom is -0.397 e. The Kier molecular flexibility index (Phi) is 4.88. The van der Waals surface area contributed by atoms with Crippen molar-refractivity contribution >= 4 is 38.8 Å². The Morgan fingerprint density at radius 1 is 1.32 bits per heavy atom. The number of pyridine rings is 1. The molecule has 0 saturated carbocycles. The summed E-state index contributed by atoms with van der Waals surface area (Å²) < 4.78 is 0. The number of hydrogen-bond acceptors (Lipinski definition) is 4. The Balaban J connectivity index is 1.66. The van der Waals surface area contributed by atoms with Gasteiger partial charge in [0.25, 0.3) is 5.91 Å². The zero-order valence-corrected chi connectivity index (χ0v) is 17.5. The van der Waals surface area contributed by atoms with Gasteiger partial charge >= 0.3 is 0 Å². The van der Waals surface area contributed by atoms with Crippen LogP contribution in [0.3, 0.4) is 0 Å². The first-order chi connectivity index (χ1) is 13.4. The summed E-state index contributed by atoms with van der Waals surface area (Å²) in [5, 5.41) is 3.84. The topological polar surface area (TPSA) is 68.0 Å². The van der Waals surface area contributed by atoms with Crippen molar-refractivity contribution < 1.29 is 4.79 Å². The van der Waals surface area contributed by atoms with Gasteiger partial charge in [0, 0.05) is 16.8 Å². The number of hydrogen-bond donors (Lipinski definition) is 2. The molecule has 1 amide bonds. The molecule has 0 fully saturated rings. The quantitative estimate of drug-likeness (QED) is 0.600. The summed E-state index contributed by atoms with van der Waals surface area (Å²) in [6, 6.07) is 11.6. The molecule has 1 atom stereocenters. The molecule has 2 heterocycles. The zero-order chi connectivity index (χ0) is 19.9. The van der Waals surface area contributed by atoms with Crippen LogP contribution in [0.25, 0.3) is 10.2 Å². The second-order valence-electron chi connectivity index (χ2n) is 8.39. The summed E-state index contributed by atoms with van der Waals surface area (Å²) in [4.78, 5) is 19.0. The second kappa shape index (κ2) is 7.21. The van der Waals surface area contributed by atoms with E-state index in [0.717, 1.165) is 28.7 Å². The third kappa shape index (κ3) is 3.39. The molecule has 3 N–H and O–H groups in total. The van der Waals surface area contributed by atoms with Gasteiger partial charge in [-0.2, -0.15) is 0 Å². The summed E-state index contributed by atoms with van der Waals surface area (Å²) in [6.45, 7) is 6.99. The van der Waals surface area contributed by atoms with Gasteiger partial charge in [0.05, 0.1) is 5.69 Å². The highest BCUT2D eigenvalue weighted by Crippen LogP contribution is 2.42. The molecule has 0 bridgehead atoms. The predicted molar refractivity (Wildman–Crippen MR) is 118 cm³/mol. The normalized spacial score (nSPS) is 16.8. The molecule has 0 radical (unpaired) electrons. The van der Waals surface area contributed by atoms with Crippen molar-refractivity contribution in [2.24, 2.45) is 11.3 Å².